The molecule has 2 bridgehead atoms. The van der Waals surface area contributed by atoms with Gasteiger partial charge in [0.25, 0.3) is 0 Å². The molecule has 2 aliphatic carbocycles. The highest BCUT2D eigenvalue weighted by Gasteiger charge is 2.38. The molecule has 2 aliphatic rings. The smallest absolute Gasteiger partial charge is 0.244 e. The van der Waals surface area contributed by atoms with Crippen LogP contribution in [0.4, 0.5) is 4.39 Å². The van der Waals surface area contributed by atoms with Crippen LogP contribution in [-0.4, -0.2) is 24.2 Å². The number of hydrogen-bond donors (Lipinski definition) is 2. The minimum absolute atomic E-state index is 0.0659. The molecule has 2 saturated carbocycles. The van der Waals surface area contributed by atoms with Gasteiger partial charge in [0.1, 0.15) is 5.82 Å². The van der Waals surface area contributed by atoms with Crippen LogP contribution in [0.2, 0.25) is 0 Å². The molecule has 4 rings (SSSR count). The molecule has 0 heterocycles. The normalized spacial score (nSPS) is 25.9. The molecule has 0 saturated heterocycles. The minimum Gasteiger partial charge on any atom is -0.396 e. The molecule has 4 heteroatoms. The van der Waals surface area contributed by atoms with E-state index in [1.807, 2.05) is 24.3 Å². The molecule has 4 atom stereocenters. The van der Waals surface area contributed by atoms with Gasteiger partial charge >= 0.3 is 0 Å². The van der Waals surface area contributed by atoms with Crippen LogP contribution in [0.15, 0.2) is 60.2 Å². The van der Waals surface area contributed by atoms with Crippen LogP contribution in [0, 0.1) is 29.5 Å². The number of carbonyl (C=O) groups is 1. The first kappa shape index (κ1) is 24.4. The topological polar surface area (TPSA) is 49.3 Å². The molecular weight excluding hydrogens is 425 g/mol. The van der Waals surface area contributed by atoms with Crippen molar-refractivity contribution in [3.05, 3.63) is 82.7 Å². The molecule has 34 heavy (non-hydrogen) atoms. The highest BCUT2D eigenvalue weighted by Crippen LogP contribution is 2.50. The SMILES string of the molecule is CC1CC2CC(C)/C(=C(\c3ccc(F)cc3)c3ccc(/C=C/C(=O)NCCCO)cc3)C(C1)C2. The monoisotopic (exact) mass is 461 g/mol. The van der Waals surface area contributed by atoms with E-state index < -0.39 is 0 Å². The summed E-state index contributed by atoms with van der Waals surface area (Å²) >= 11 is 0. The Morgan fingerprint density at radius 1 is 1.00 bits per heavy atom. The number of carbonyl (C=O) groups excluding carboxylic acids is 1. The zero-order chi connectivity index (χ0) is 24.1. The van der Waals surface area contributed by atoms with Crippen LogP contribution in [-0.2, 0) is 4.79 Å². The van der Waals surface area contributed by atoms with E-state index in [4.69, 9.17) is 5.11 Å². The van der Waals surface area contributed by atoms with Gasteiger partial charge in [-0.15, -0.1) is 0 Å². The summed E-state index contributed by atoms with van der Waals surface area (Å²) < 4.78 is 13.8. The summed E-state index contributed by atoms with van der Waals surface area (Å²) in [5.74, 6) is 2.28. The maximum atomic E-state index is 13.8. The summed E-state index contributed by atoms with van der Waals surface area (Å²) in [7, 11) is 0. The van der Waals surface area contributed by atoms with Crippen molar-refractivity contribution in [2.75, 3.05) is 13.2 Å². The highest BCUT2D eigenvalue weighted by atomic mass is 19.1. The van der Waals surface area contributed by atoms with Crippen molar-refractivity contribution >= 4 is 17.6 Å². The fourth-order valence-corrected chi connectivity index (χ4v) is 6.07. The predicted octanol–water partition coefficient (Wildman–Crippen LogP) is 6.23. The summed E-state index contributed by atoms with van der Waals surface area (Å²) in [5, 5.41) is 11.6. The molecule has 0 radical (unpaired) electrons. The van der Waals surface area contributed by atoms with Crippen LogP contribution >= 0.6 is 0 Å². The second-order valence-corrected chi connectivity index (χ2v) is 10.2. The molecule has 4 unspecified atom stereocenters. The third kappa shape index (κ3) is 5.85. The average molecular weight is 462 g/mol. The number of fused-ring (bicyclic) bond motifs is 2. The molecule has 0 spiro atoms. The average Bonchev–Trinajstić information content (AvgIpc) is 2.81. The van der Waals surface area contributed by atoms with Crippen molar-refractivity contribution in [2.45, 2.75) is 46.0 Å². The summed E-state index contributed by atoms with van der Waals surface area (Å²) in [6.07, 6.45) is 8.95. The van der Waals surface area contributed by atoms with Gasteiger partial charge in [-0.2, -0.15) is 0 Å². The lowest BCUT2D eigenvalue weighted by Crippen LogP contribution is -2.32. The van der Waals surface area contributed by atoms with Gasteiger partial charge in [-0.1, -0.05) is 55.8 Å². The number of nitrogens with one attached hydrogen (secondary N) is 1. The largest absolute Gasteiger partial charge is 0.396 e. The van der Waals surface area contributed by atoms with Crippen LogP contribution in [0.3, 0.4) is 0 Å². The van der Waals surface area contributed by atoms with Gasteiger partial charge in [0.15, 0.2) is 0 Å². The Hall–Kier alpha value is -2.72. The molecule has 180 valence electrons. The lowest BCUT2D eigenvalue weighted by atomic mass is 9.61. The standard InChI is InChI=1S/C30H36FNO2/c1-20-16-23-18-21(2)29(26(17-20)19-23)30(25-9-11-27(31)12-10-25)24-7-4-22(5-8-24)6-13-28(34)32-14-3-15-33/h4-13,20-21,23,26,33H,3,14-19H2,1-2H3,(H,32,34)/b13-6+,30-29+. The Labute approximate surface area is 202 Å². The second-order valence-electron chi connectivity index (χ2n) is 10.2. The van der Waals surface area contributed by atoms with Gasteiger partial charge < -0.3 is 10.4 Å². The zero-order valence-electron chi connectivity index (χ0n) is 20.3. The number of benzene rings is 2. The van der Waals surface area contributed by atoms with E-state index >= 15 is 0 Å². The van der Waals surface area contributed by atoms with Gasteiger partial charge in [-0.05, 0) is 96.2 Å². The summed E-state index contributed by atoms with van der Waals surface area (Å²) in [4.78, 5) is 11.9. The Morgan fingerprint density at radius 2 is 1.68 bits per heavy atom. The van der Waals surface area contributed by atoms with Gasteiger partial charge in [0.2, 0.25) is 5.91 Å². The first-order chi connectivity index (χ1) is 16.4. The van der Waals surface area contributed by atoms with Crippen molar-refractivity contribution < 1.29 is 14.3 Å². The number of allylic oxidation sites excluding steroid dienone is 1. The first-order valence-electron chi connectivity index (χ1n) is 12.6. The fourth-order valence-electron chi connectivity index (χ4n) is 6.07. The van der Waals surface area contributed by atoms with E-state index in [1.165, 1.54) is 42.9 Å². The number of aliphatic hydroxyl groups excluding tert-OH is 1. The maximum absolute atomic E-state index is 13.8. The Bertz CT molecular complexity index is 1030. The molecule has 3 nitrogen and oxygen atoms in total. The van der Waals surface area contributed by atoms with Crippen LogP contribution in [0.5, 0.6) is 0 Å². The van der Waals surface area contributed by atoms with Crippen molar-refractivity contribution in [2.24, 2.45) is 23.7 Å². The third-order valence-corrected chi connectivity index (χ3v) is 7.38. The molecule has 2 N–H and O–H groups in total. The summed E-state index contributed by atoms with van der Waals surface area (Å²) in [5.41, 5.74) is 5.96. The van der Waals surface area contributed by atoms with Crippen molar-refractivity contribution in [3.8, 4) is 0 Å². The second kappa shape index (κ2) is 11.1. The predicted molar refractivity (Wildman–Crippen MR) is 136 cm³/mol. The number of rotatable bonds is 7. The lowest BCUT2D eigenvalue weighted by molar-refractivity contribution is -0.116. The van der Waals surface area contributed by atoms with E-state index in [-0.39, 0.29) is 18.3 Å². The lowest BCUT2D eigenvalue weighted by Gasteiger charge is -2.44. The van der Waals surface area contributed by atoms with Crippen molar-refractivity contribution in [3.63, 3.8) is 0 Å². The van der Waals surface area contributed by atoms with E-state index in [9.17, 15) is 9.18 Å². The molecule has 2 fully saturated rings. The Kier molecular flexibility index (Phi) is 7.99. The van der Waals surface area contributed by atoms with E-state index in [0.29, 0.717) is 24.8 Å². The molecular formula is C30H36FNO2. The number of halogens is 1. The molecule has 2 aromatic rings. The fraction of sp³-hybridized carbons (Fsp3) is 0.433. The Balaban J connectivity index is 1.66. The molecule has 1 amide bonds. The molecule has 2 aromatic carbocycles. The van der Waals surface area contributed by atoms with Gasteiger partial charge in [-0.3, -0.25) is 4.79 Å². The van der Waals surface area contributed by atoms with Gasteiger partial charge in [-0.25, -0.2) is 4.39 Å². The van der Waals surface area contributed by atoms with E-state index in [2.05, 4.69) is 31.3 Å². The quantitative estimate of drug-likeness (QED) is 0.379. The van der Waals surface area contributed by atoms with E-state index in [1.54, 1.807) is 18.2 Å². The Morgan fingerprint density at radius 3 is 2.35 bits per heavy atom. The minimum atomic E-state index is -0.214. The van der Waals surface area contributed by atoms with Crippen LogP contribution < -0.4 is 5.32 Å². The number of amides is 1. The summed E-state index contributed by atoms with van der Waals surface area (Å²) in [6, 6.07) is 15.3. The van der Waals surface area contributed by atoms with Gasteiger partial charge in [0, 0.05) is 19.2 Å². The summed E-state index contributed by atoms with van der Waals surface area (Å²) in [6.45, 7) is 5.27. The van der Waals surface area contributed by atoms with Crippen molar-refractivity contribution in [1.82, 2.24) is 5.32 Å². The van der Waals surface area contributed by atoms with Gasteiger partial charge in [0.05, 0.1) is 0 Å². The maximum Gasteiger partial charge on any atom is 0.244 e. The van der Waals surface area contributed by atoms with E-state index in [0.717, 1.165) is 28.5 Å². The third-order valence-electron chi connectivity index (χ3n) is 7.38. The zero-order valence-corrected chi connectivity index (χ0v) is 20.3. The number of aliphatic hydroxyl groups is 1. The van der Waals surface area contributed by atoms with Crippen molar-refractivity contribution in [1.29, 1.82) is 0 Å². The van der Waals surface area contributed by atoms with Crippen LogP contribution in [0.25, 0.3) is 11.6 Å². The molecule has 0 aliphatic heterocycles. The molecule has 0 aromatic heterocycles. The van der Waals surface area contributed by atoms with Crippen LogP contribution in [0.1, 0.15) is 62.6 Å². The first-order valence-corrected chi connectivity index (χ1v) is 12.6. The highest BCUT2D eigenvalue weighted by molar-refractivity contribution is 5.91. The number of hydrogen-bond acceptors (Lipinski definition) is 2.